The van der Waals surface area contributed by atoms with Crippen molar-refractivity contribution >= 4 is 0 Å². The monoisotopic (exact) mass is 366 g/mol. The van der Waals surface area contributed by atoms with E-state index in [0.717, 1.165) is 18.3 Å². The maximum atomic E-state index is 3.40. The Morgan fingerprint density at radius 3 is 1.93 bits per heavy atom. The molecule has 1 aliphatic carbocycles. The van der Waals surface area contributed by atoms with E-state index in [4.69, 9.17) is 0 Å². The van der Waals surface area contributed by atoms with Crippen molar-refractivity contribution < 1.29 is 0 Å². The summed E-state index contributed by atoms with van der Waals surface area (Å²) < 4.78 is 0. The van der Waals surface area contributed by atoms with Gasteiger partial charge in [0, 0.05) is 11.8 Å². The fourth-order valence-corrected chi connectivity index (χ4v) is 4.02. The molecule has 1 aromatic carbocycles. The van der Waals surface area contributed by atoms with Crippen LogP contribution in [0.5, 0.6) is 0 Å². The van der Waals surface area contributed by atoms with Gasteiger partial charge in [0.25, 0.3) is 0 Å². The van der Waals surface area contributed by atoms with Gasteiger partial charge in [-0.1, -0.05) is 63.8 Å². The summed E-state index contributed by atoms with van der Waals surface area (Å²) in [5, 5.41) is 0. The summed E-state index contributed by atoms with van der Waals surface area (Å²) in [4.78, 5) is 0. The fourth-order valence-electron chi connectivity index (χ4n) is 4.02. The van der Waals surface area contributed by atoms with Crippen LogP contribution in [0.3, 0.4) is 0 Å². The Bertz CT molecular complexity index is 601. The van der Waals surface area contributed by atoms with Gasteiger partial charge in [-0.05, 0) is 87.7 Å². The Morgan fingerprint density at radius 2 is 1.37 bits per heavy atom. The van der Waals surface area contributed by atoms with Gasteiger partial charge in [-0.3, -0.25) is 0 Å². The second-order valence-electron chi connectivity index (χ2n) is 11.1. The molecular formula is C27H42. The average molecular weight is 367 g/mol. The molecule has 0 spiro atoms. The zero-order valence-corrected chi connectivity index (χ0v) is 18.8. The van der Waals surface area contributed by atoms with Crippen LogP contribution in [0, 0.1) is 34.5 Å². The maximum Gasteiger partial charge on any atom is 0.0230 e. The molecule has 1 aliphatic rings. The Morgan fingerprint density at radius 1 is 0.815 bits per heavy atom. The van der Waals surface area contributed by atoms with Crippen LogP contribution in [0.2, 0.25) is 0 Å². The van der Waals surface area contributed by atoms with Gasteiger partial charge in [-0.15, -0.1) is 5.92 Å². The molecule has 27 heavy (non-hydrogen) atoms. The normalized spacial score (nSPS) is 20.8. The van der Waals surface area contributed by atoms with E-state index in [1.54, 1.807) is 0 Å². The lowest BCUT2D eigenvalue weighted by Gasteiger charge is -2.28. The first-order valence-electron chi connectivity index (χ1n) is 11.2. The minimum absolute atomic E-state index is 0.153. The molecule has 0 unspecified atom stereocenters. The van der Waals surface area contributed by atoms with E-state index in [9.17, 15) is 0 Å². The van der Waals surface area contributed by atoms with Crippen LogP contribution >= 0.6 is 0 Å². The molecule has 0 heterocycles. The predicted molar refractivity (Wildman–Crippen MR) is 120 cm³/mol. The van der Waals surface area contributed by atoms with Crippen molar-refractivity contribution in [1.82, 2.24) is 0 Å². The first-order valence-corrected chi connectivity index (χ1v) is 11.2. The van der Waals surface area contributed by atoms with Crippen molar-refractivity contribution in [3.05, 3.63) is 35.4 Å². The van der Waals surface area contributed by atoms with Crippen LogP contribution < -0.4 is 0 Å². The smallest absolute Gasteiger partial charge is 0.0230 e. The van der Waals surface area contributed by atoms with Gasteiger partial charge in [0.15, 0.2) is 0 Å². The Kier molecular flexibility index (Phi) is 8.03. The molecule has 0 saturated heterocycles. The van der Waals surface area contributed by atoms with E-state index in [1.165, 1.54) is 62.5 Å². The molecule has 0 nitrogen and oxygen atoms in total. The summed E-state index contributed by atoms with van der Waals surface area (Å²) in [6.45, 7) is 13.6. The molecule has 0 aliphatic heterocycles. The Labute approximate surface area is 169 Å². The highest BCUT2D eigenvalue weighted by Crippen LogP contribution is 2.33. The zero-order valence-electron chi connectivity index (χ0n) is 18.8. The largest absolute Gasteiger partial charge is 0.103 e. The first-order chi connectivity index (χ1) is 12.6. The highest BCUT2D eigenvalue weighted by molar-refractivity contribution is 5.23. The number of hydrogen-bond donors (Lipinski definition) is 0. The van der Waals surface area contributed by atoms with E-state index >= 15 is 0 Å². The second kappa shape index (κ2) is 9.82. The Hall–Kier alpha value is -1.22. The lowest BCUT2D eigenvalue weighted by molar-refractivity contribution is 0.264. The van der Waals surface area contributed by atoms with Crippen molar-refractivity contribution in [2.75, 3.05) is 0 Å². The van der Waals surface area contributed by atoms with Crippen molar-refractivity contribution in [1.29, 1.82) is 0 Å². The molecule has 0 bridgehead atoms. The van der Waals surface area contributed by atoms with Crippen molar-refractivity contribution in [3.63, 3.8) is 0 Å². The Balaban J connectivity index is 1.70. The summed E-state index contributed by atoms with van der Waals surface area (Å²) in [6, 6.07) is 9.49. The van der Waals surface area contributed by atoms with E-state index in [1.807, 2.05) is 0 Å². The number of aryl methyl sites for hydroxylation is 1. The molecule has 1 saturated carbocycles. The van der Waals surface area contributed by atoms with Gasteiger partial charge in [-0.2, -0.15) is 0 Å². The van der Waals surface area contributed by atoms with Gasteiger partial charge < -0.3 is 0 Å². The lowest BCUT2D eigenvalue weighted by atomic mass is 9.77. The topological polar surface area (TPSA) is 0 Å². The average Bonchev–Trinajstić information content (AvgIpc) is 2.58. The molecule has 0 amide bonds. The van der Waals surface area contributed by atoms with Gasteiger partial charge in [0.1, 0.15) is 0 Å². The van der Waals surface area contributed by atoms with E-state index in [2.05, 4.69) is 77.6 Å². The minimum atomic E-state index is 0.153. The molecular weight excluding hydrogens is 324 g/mol. The summed E-state index contributed by atoms with van der Waals surface area (Å²) in [7, 11) is 0. The maximum absolute atomic E-state index is 3.40. The van der Waals surface area contributed by atoms with Gasteiger partial charge in [-0.25, -0.2) is 0 Å². The minimum Gasteiger partial charge on any atom is -0.103 e. The van der Waals surface area contributed by atoms with Crippen LogP contribution in [-0.2, 0) is 12.8 Å². The fraction of sp³-hybridized carbons (Fsp3) is 0.704. The third-order valence-electron chi connectivity index (χ3n) is 5.82. The number of rotatable bonds is 6. The highest BCUT2D eigenvalue weighted by Gasteiger charge is 2.21. The molecule has 0 heteroatoms. The van der Waals surface area contributed by atoms with Gasteiger partial charge in [0.2, 0.25) is 0 Å². The standard InChI is InChI=1S/C27H42/c1-26(2,3)19-8-7-9-22-10-14-24(15-11-22)21-25-16-12-23(13-17-25)18-20-27(4,5)6/h12-13,16-17,22,24H,7,9-11,14-15,18,20-21H2,1-6H3. The van der Waals surface area contributed by atoms with Crippen LogP contribution in [0.1, 0.15) is 97.6 Å². The van der Waals surface area contributed by atoms with Crippen LogP contribution in [-0.4, -0.2) is 0 Å². The molecule has 0 atom stereocenters. The molecule has 2 rings (SSSR count). The lowest BCUT2D eigenvalue weighted by Crippen LogP contribution is -2.16. The van der Waals surface area contributed by atoms with Crippen LogP contribution in [0.25, 0.3) is 0 Å². The predicted octanol–water partition coefficient (Wildman–Crippen LogP) is 7.84. The summed E-state index contributed by atoms with van der Waals surface area (Å²) in [5.41, 5.74) is 3.61. The summed E-state index contributed by atoms with van der Waals surface area (Å²) in [6.07, 6.45) is 11.8. The van der Waals surface area contributed by atoms with E-state index in [-0.39, 0.29) is 5.41 Å². The number of hydrogen-bond acceptors (Lipinski definition) is 0. The molecule has 0 radical (unpaired) electrons. The number of benzene rings is 1. The zero-order chi connectivity index (χ0) is 19.9. The molecule has 0 aromatic heterocycles. The third kappa shape index (κ3) is 9.51. The molecule has 0 N–H and O–H groups in total. The summed E-state index contributed by atoms with van der Waals surface area (Å²) >= 11 is 0. The van der Waals surface area contributed by atoms with Crippen molar-refractivity contribution in [3.8, 4) is 11.8 Å². The third-order valence-corrected chi connectivity index (χ3v) is 5.82. The second-order valence-corrected chi connectivity index (χ2v) is 11.1. The van der Waals surface area contributed by atoms with Crippen molar-refractivity contribution in [2.24, 2.45) is 22.7 Å². The summed E-state index contributed by atoms with van der Waals surface area (Å²) in [5.74, 6) is 8.58. The molecule has 1 fully saturated rings. The van der Waals surface area contributed by atoms with E-state index in [0.29, 0.717) is 5.41 Å². The SMILES string of the molecule is CC(C)(C)C#CCCC1CCC(Cc2ccc(CCC(C)(C)C)cc2)CC1. The van der Waals surface area contributed by atoms with Gasteiger partial charge >= 0.3 is 0 Å². The van der Waals surface area contributed by atoms with Crippen LogP contribution in [0.4, 0.5) is 0 Å². The van der Waals surface area contributed by atoms with Crippen LogP contribution in [0.15, 0.2) is 24.3 Å². The van der Waals surface area contributed by atoms with E-state index < -0.39 is 0 Å². The molecule has 150 valence electrons. The van der Waals surface area contributed by atoms with Crippen molar-refractivity contribution in [2.45, 2.75) is 99.3 Å². The molecule has 1 aromatic rings. The van der Waals surface area contributed by atoms with Gasteiger partial charge in [0.05, 0.1) is 0 Å². The highest BCUT2D eigenvalue weighted by atomic mass is 14.3. The quantitative estimate of drug-likeness (QED) is 0.450. The first kappa shape index (κ1) is 22.1.